The molecule has 6 nitrogen and oxygen atoms in total. The average molecular weight is 432 g/mol. The van der Waals surface area contributed by atoms with Gasteiger partial charge in [-0.1, -0.05) is 0 Å². The SMILES string of the molecule is COc1ccc(F)c(CN2CCC(O)(Cn3cnc4sc(C)c(C)c4c3=O)CC2)c1. The molecule has 3 aromatic rings. The van der Waals surface area contributed by atoms with Crippen molar-refractivity contribution in [1.82, 2.24) is 14.5 Å². The first-order valence-corrected chi connectivity index (χ1v) is 10.8. The Balaban J connectivity index is 1.46. The molecule has 3 heterocycles. The van der Waals surface area contributed by atoms with Crippen molar-refractivity contribution in [3.05, 3.63) is 56.7 Å². The van der Waals surface area contributed by atoms with Crippen molar-refractivity contribution in [3.8, 4) is 5.75 Å². The Labute approximate surface area is 178 Å². The summed E-state index contributed by atoms with van der Waals surface area (Å²) >= 11 is 1.52. The molecule has 0 saturated carbocycles. The number of piperidine rings is 1. The van der Waals surface area contributed by atoms with Gasteiger partial charge >= 0.3 is 0 Å². The number of methoxy groups -OCH3 is 1. The van der Waals surface area contributed by atoms with Crippen LogP contribution < -0.4 is 10.3 Å². The Bertz CT molecular complexity index is 1130. The van der Waals surface area contributed by atoms with E-state index in [1.165, 1.54) is 28.3 Å². The molecule has 8 heteroatoms. The molecule has 1 fully saturated rings. The lowest BCUT2D eigenvalue weighted by Gasteiger charge is -2.38. The minimum Gasteiger partial charge on any atom is -0.497 e. The zero-order chi connectivity index (χ0) is 21.5. The Morgan fingerprint density at radius 2 is 2.03 bits per heavy atom. The summed E-state index contributed by atoms with van der Waals surface area (Å²) in [6.07, 6.45) is 2.55. The number of aryl methyl sites for hydroxylation is 2. The van der Waals surface area contributed by atoms with E-state index in [1.807, 2.05) is 13.8 Å². The number of likely N-dealkylation sites (tertiary alicyclic amines) is 1. The number of hydrogen-bond donors (Lipinski definition) is 1. The summed E-state index contributed by atoms with van der Waals surface area (Å²) in [5.74, 6) is 0.366. The molecule has 0 radical (unpaired) electrons. The second-order valence-electron chi connectivity index (χ2n) is 8.10. The molecule has 0 aliphatic carbocycles. The standard InChI is InChI=1S/C22H26FN3O3S/c1-14-15(2)30-20-19(14)21(27)26(13-24-20)12-22(28)6-8-25(9-7-22)11-16-10-17(29-3)4-5-18(16)23/h4-5,10,13,28H,6-9,11-12H2,1-3H3. The highest BCUT2D eigenvalue weighted by molar-refractivity contribution is 7.18. The van der Waals surface area contributed by atoms with Crippen LogP contribution in [0.1, 0.15) is 28.8 Å². The zero-order valence-electron chi connectivity index (χ0n) is 17.4. The van der Waals surface area contributed by atoms with Crippen LogP contribution in [0.4, 0.5) is 4.39 Å². The molecule has 0 atom stereocenters. The molecule has 0 bridgehead atoms. The van der Waals surface area contributed by atoms with E-state index in [4.69, 9.17) is 4.74 Å². The third-order valence-electron chi connectivity index (χ3n) is 6.05. The highest BCUT2D eigenvalue weighted by Crippen LogP contribution is 2.28. The monoisotopic (exact) mass is 431 g/mol. The van der Waals surface area contributed by atoms with E-state index in [9.17, 15) is 14.3 Å². The van der Waals surface area contributed by atoms with E-state index < -0.39 is 5.60 Å². The van der Waals surface area contributed by atoms with Crippen molar-refractivity contribution >= 4 is 21.6 Å². The van der Waals surface area contributed by atoms with Crippen molar-refractivity contribution in [2.24, 2.45) is 0 Å². The summed E-state index contributed by atoms with van der Waals surface area (Å²) in [6.45, 7) is 5.83. The molecule has 160 valence electrons. The highest BCUT2D eigenvalue weighted by Gasteiger charge is 2.33. The molecule has 4 rings (SSSR count). The van der Waals surface area contributed by atoms with Crippen molar-refractivity contribution in [2.75, 3.05) is 20.2 Å². The number of fused-ring (bicyclic) bond motifs is 1. The van der Waals surface area contributed by atoms with Gasteiger partial charge in [0, 0.05) is 30.1 Å². The van der Waals surface area contributed by atoms with Gasteiger partial charge in [-0.05, 0) is 50.5 Å². The van der Waals surface area contributed by atoms with E-state index in [0.29, 0.717) is 49.2 Å². The minimum absolute atomic E-state index is 0.101. The quantitative estimate of drug-likeness (QED) is 0.672. The number of nitrogens with zero attached hydrogens (tertiary/aromatic N) is 3. The Morgan fingerprint density at radius 1 is 1.30 bits per heavy atom. The van der Waals surface area contributed by atoms with Gasteiger partial charge in [-0.3, -0.25) is 14.3 Å². The molecule has 1 saturated heterocycles. The van der Waals surface area contributed by atoms with E-state index in [1.54, 1.807) is 19.2 Å². The number of hydrogen-bond acceptors (Lipinski definition) is 6. The fourth-order valence-corrected chi connectivity index (χ4v) is 5.01. The van der Waals surface area contributed by atoms with Crippen molar-refractivity contribution in [1.29, 1.82) is 0 Å². The number of aromatic nitrogens is 2. The third-order valence-corrected chi connectivity index (χ3v) is 7.17. The van der Waals surface area contributed by atoms with Crippen molar-refractivity contribution < 1.29 is 14.2 Å². The minimum atomic E-state index is -0.985. The summed E-state index contributed by atoms with van der Waals surface area (Å²) in [6, 6.07) is 4.73. The number of ether oxygens (including phenoxy) is 1. The van der Waals surface area contributed by atoms with Crippen LogP contribution in [0.2, 0.25) is 0 Å². The smallest absolute Gasteiger partial charge is 0.262 e. The number of aliphatic hydroxyl groups is 1. The number of thiophene rings is 1. The lowest BCUT2D eigenvalue weighted by atomic mass is 9.91. The van der Waals surface area contributed by atoms with Crippen LogP contribution in [0.5, 0.6) is 5.75 Å². The molecule has 1 aliphatic heterocycles. The maximum absolute atomic E-state index is 14.1. The lowest BCUT2D eigenvalue weighted by Crippen LogP contribution is -2.47. The van der Waals surface area contributed by atoms with Gasteiger partial charge in [0.05, 0.1) is 31.0 Å². The fourth-order valence-electron chi connectivity index (χ4n) is 4.03. The molecule has 30 heavy (non-hydrogen) atoms. The zero-order valence-corrected chi connectivity index (χ0v) is 18.3. The predicted molar refractivity (Wildman–Crippen MR) is 116 cm³/mol. The van der Waals surface area contributed by atoms with Crippen molar-refractivity contribution in [3.63, 3.8) is 0 Å². The van der Waals surface area contributed by atoms with Crippen LogP contribution in [-0.2, 0) is 13.1 Å². The normalized spacial score (nSPS) is 16.8. The molecule has 0 amide bonds. The molecule has 1 aliphatic rings. The Morgan fingerprint density at radius 3 is 2.73 bits per heavy atom. The predicted octanol–water partition coefficient (Wildman–Crippen LogP) is 3.25. The second-order valence-corrected chi connectivity index (χ2v) is 9.30. The Hall–Kier alpha value is -2.29. The molecule has 1 N–H and O–H groups in total. The summed E-state index contributed by atoms with van der Waals surface area (Å²) in [4.78, 5) is 21.3. The average Bonchev–Trinajstić information content (AvgIpc) is 3.02. The molecule has 0 unspecified atom stereocenters. The summed E-state index contributed by atoms with van der Waals surface area (Å²) < 4.78 is 20.8. The largest absolute Gasteiger partial charge is 0.497 e. The molecular formula is C22H26FN3O3S. The van der Waals surface area contributed by atoms with Crippen LogP contribution in [0.15, 0.2) is 29.3 Å². The maximum atomic E-state index is 14.1. The summed E-state index contributed by atoms with van der Waals surface area (Å²) in [5, 5.41) is 11.8. The summed E-state index contributed by atoms with van der Waals surface area (Å²) in [5.41, 5.74) is 0.454. The van der Waals surface area contributed by atoms with Crippen LogP contribution in [0, 0.1) is 19.7 Å². The molecule has 0 spiro atoms. The first-order chi connectivity index (χ1) is 14.3. The van der Waals surface area contributed by atoms with E-state index in [2.05, 4.69) is 9.88 Å². The van der Waals surface area contributed by atoms with Gasteiger partial charge in [0.15, 0.2) is 0 Å². The van der Waals surface area contributed by atoms with Crippen LogP contribution >= 0.6 is 11.3 Å². The van der Waals surface area contributed by atoms with Gasteiger partial charge in [0.2, 0.25) is 0 Å². The van der Waals surface area contributed by atoms with Gasteiger partial charge in [-0.15, -0.1) is 11.3 Å². The molecule has 1 aromatic carbocycles. The number of benzene rings is 1. The Kier molecular flexibility index (Phi) is 5.65. The number of halogens is 1. The van der Waals surface area contributed by atoms with Crippen LogP contribution in [-0.4, -0.2) is 45.4 Å². The van der Waals surface area contributed by atoms with Gasteiger partial charge in [-0.2, -0.15) is 0 Å². The second kappa shape index (κ2) is 8.09. The third kappa shape index (κ3) is 3.99. The van der Waals surface area contributed by atoms with Crippen molar-refractivity contribution in [2.45, 2.75) is 45.4 Å². The maximum Gasteiger partial charge on any atom is 0.262 e. The van der Waals surface area contributed by atoms with Crippen LogP contribution in [0.25, 0.3) is 10.2 Å². The molecule has 2 aromatic heterocycles. The van der Waals surface area contributed by atoms with Gasteiger partial charge in [-0.25, -0.2) is 9.37 Å². The van der Waals surface area contributed by atoms with E-state index in [0.717, 1.165) is 15.3 Å². The number of rotatable bonds is 5. The first kappa shape index (κ1) is 21.0. The lowest BCUT2D eigenvalue weighted by molar-refractivity contribution is -0.0366. The van der Waals surface area contributed by atoms with E-state index in [-0.39, 0.29) is 17.9 Å². The van der Waals surface area contributed by atoms with Crippen LogP contribution in [0.3, 0.4) is 0 Å². The highest BCUT2D eigenvalue weighted by atomic mass is 32.1. The van der Waals surface area contributed by atoms with Gasteiger partial charge in [0.1, 0.15) is 16.4 Å². The molecular weight excluding hydrogens is 405 g/mol. The topological polar surface area (TPSA) is 67.6 Å². The summed E-state index contributed by atoms with van der Waals surface area (Å²) in [7, 11) is 1.56. The first-order valence-electron chi connectivity index (χ1n) is 10.0. The van der Waals surface area contributed by atoms with E-state index >= 15 is 0 Å². The van der Waals surface area contributed by atoms with Gasteiger partial charge < -0.3 is 9.84 Å². The fraction of sp³-hybridized carbons (Fsp3) is 0.455. The van der Waals surface area contributed by atoms with Gasteiger partial charge in [0.25, 0.3) is 5.56 Å².